The molecule has 0 aliphatic carbocycles. The fourth-order valence-corrected chi connectivity index (χ4v) is 3.73. The zero-order chi connectivity index (χ0) is 21.2. The lowest BCUT2D eigenvalue weighted by Crippen LogP contribution is -2.00. The molecular weight excluding hydrogens is 388 g/mol. The standard InChI is InChI=1S/C25H22N4O2/c1-16-24(18-10-6-7-11-20(18)28-16)29-25-19-12-22(30-2)23(13-21(19)26-15-27-25)31-14-17-8-4-3-5-9-17/h3-13,15,28H,14H2,1-2H3,(H,26,27,29). The molecule has 0 unspecified atom stereocenters. The highest BCUT2D eigenvalue weighted by Gasteiger charge is 2.14. The molecule has 0 aliphatic heterocycles. The third-order valence-corrected chi connectivity index (χ3v) is 5.29. The molecule has 0 saturated heterocycles. The Balaban J connectivity index is 1.52. The molecule has 154 valence electrons. The Labute approximate surface area is 179 Å². The fraction of sp³-hybridized carbons (Fsp3) is 0.120. The Hall–Kier alpha value is -4.06. The highest BCUT2D eigenvalue weighted by Crippen LogP contribution is 2.36. The molecular formula is C25H22N4O2. The summed E-state index contributed by atoms with van der Waals surface area (Å²) in [7, 11) is 1.64. The maximum Gasteiger partial charge on any atom is 0.163 e. The predicted molar refractivity (Wildman–Crippen MR) is 123 cm³/mol. The van der Waals surface area contributed by atoms with Crippen molar-refractivity contribution in [3.05, 3.63) is 84.3 Å². The number of H-pyrrole nitrogens is 1. The molecule has 0 aliphatic rings. The number of benzene rings is 3. The molecule has 5 aromatic rings. The van der Waals surface area contributed by atoms with Crippen molar-refractivity contribution in [3.8, 4) is 11.5 Å². The van der Waals surface area contributed by atoms with Gasteiger partial charge in [0.05, 0.1) is 18.3 Å². The zero-order valence-corrected chi connectivity index (χ0v) is 17.3. The molecule has 0 amide bonds. The van der Waals surface area contributed by atoms with Crippen LogP contribution >= 0.6 is 0 Å². The van der Waals surface area contributed by atoms with Gasteiger partial charge in [0.15, 0.2) is 11.5 Å². The van der Waals surface area contributed by atoms with Gasteiger partial charge in [-0.25, -0.2) is 9.97 Å². The molecule has 0 fully saturated rings. The molecule has 2 heterocycles. The minimum absolute atomic E-state index is 0.452. The van der Waals surface area contributed by atoms with E-state index in [4.69, 9.17) is 9.47 Å². The van der Waals surface area contributed by atoms with Crippen LogP contribution in [0.3, 0.4) is 0 Å². The number of fused-ring (bicyclic) bond motifs is 2. The molecule has 31 heavy (non-hydrogen) atoms. The fourth-order valence-electron chi connectivity index (χ4n) is 3.73. The Morgan fingerprint density at radius 3 is 2.55 bits per heavy atom. The molecule has 5 rings (SSSR count). The van der Waals surface area contributed by atoms with Crippen molar-refractivity contribution < 1.29 is 9.47 Å². The normalized spacial score (nSPS) is 11.0. The molecule has 0 radical (unpaired) electrons. The van der Waals surface area contributed by atoms with Crippen molar-refractivity contribution in [1.29, 1.82) is 0 Å². The molecule has 0 saturated carbocycles. The van der Waals surface area contributed by atoms with Crippen LogP contribution < -0.4 is 14.8 Å². The van der Waals surface area contributed by atoms with Crippen molar-refractivity contribution in [2.45, 2.75) is 13.5 Å². The molecule has 2 aromatic heterocycles. The minimum Gasteiger partial charge on any atom is -0.493 e. The summed E-state index contributed by atoms with van der Waals surface area (Å²) >= 11 is 0. The van der Waals surface area contributed by atoms with Gasteiger partial charge in [0.1, 0.15) is 18.8 Å². The van der Waals surface area contributed by atoms with Gasteiger partial charge in [-0.1, -0.05) is 48.5 Å². The SMILES string of the molecule is COc1cc2c(Nc3c(C)[nH]c4ccccc34)ncnc2cc1OCc1ccccc1. The van der Waals surface area contributed by atoms with E-state index < -0.39 is 0 Å². The first-order valence-corrected chi connectivity index (χ1v) is 10.1. The number of para-hydroxylation sites is 1. The van der Waals surface area contributed by atoms with Gasteiger partial charge in [0, 0.05) is 28.0 Å². The molecule has 2 N–H and O–H groups in total. The van der Waals surface area contributed by atoms with Gasteiger partial charge in [-0.15, -0.1) is 0 Å². The third kappa shape index (κ3) is 3.64. The predicted octanol–water partition coefficient (Wildman–Crippen LogP) is 5.75. The number of anilines is 2. The Morgan fingerprint density at radius 2 is 1.71 bits per heavy atom. The highest BCUT2D eigenvalue weighted by molar-refractivity contribution is 5.99. The first-order chi connectivity index (χ1) is 15.2. The number of hydrogen-bond acceptors (Lipinski definition) is 5. The number of ether oxygens (including phenoxy) is 2. The summed E-state index contributed by atoms with van der Waals surface area (Å²) in [5.41, 5.74) is 4.99. The number of aromatic amines is 1. The maximum absolute atomic E-state index is 6.03. The quantitative estimate of drug-likeness (QED) is 0.373. The summed E-state index contributed by atoms with van der Waals surface area (Å²) in [6, 6.07) is 22.0. The summed E-state index contributed by atoms with van der Waals surface area (Å²) in [5.74, 6) is 1.99. The topological polar surface area (TPSA) is 72.1 Å². The van der Waals surface area contributed by atoms with Gasteiger partial charge in [-0.05, 0) is 24.6 Å². The van der Waals surface area contributed by atoms with Gasteiger partial charge in [0.25, 0.3) is 0 Å². The smallest absolute Gasteiger partial charge is 0.163 e. The van der Waals surface area contributed by atoms with E-state index in [1.807, 2.05) is 61.5 Å². The van der Waals surface area contributed by atoms with E-state index in [-0.39, 0.29) is 0 Å². The monoisotopic (exact) mass is 410 g/mol. The van der Waals surface area contributed by atoms with Crippen molar-refractivity contribution in [2.24, 2.45) is 0 Å². The highest BCUT2D eigenvalue weighted by atomic mass is 16.5. The summed E-state index contributed by atoms with van der Waals surface area (Å²) in [6.07, 6.45) is 1.56. The summed E-state index contributed by atoms with van der Waals surface area (Å²) in [4.78, 5) is 12.4. The zero-order valence-electron chi connectivity index (χ0n) is 17.3. The van der Waals surface area contributed by atoms with Crippen LogP contribution in [0.4, 0.5) is 11.5 Å². The van der Waals surface area contributed by atoms with E-state index in [0.29, 0.717) is 23.9 Å². The van der Waals surface area contributed by atoms with Gasteiger partial charge in [-0.3, -0.25) is 0 Å². The van der Waals surface area contributed by atoms with Crippen LogP contribution in [0.25, 0.3) is 21.8 Å². The van der Waals surface area contributed by atoms with Crippen LogP contribution in [-0.2, 0) is 6.61 Å². The largest absolute Gasteiger partial charge is 0.493 e. The summed E-state index contributed by atoms with van der Waals surface area (Å²) in [6.45, 7) is 2.50. The second kappa shape index (κ2) is 7.99. The van der Waals surface area contributed by atoms with Crippen molar-refractivity contribution in [1.82, 2.24) is 15.0 Å². The van der Waals surface area contributed by atoms with Gasteiger partial charge in [0.2, 0.25) is 0 Å². The third-order valence-electron chi connectivity index (χ3n) is 5.29. The van der Waals surface area contributed by atoms with Crippen molar-refractivity contribution >= 4 is 33.3 Å². The van der Waals surface area contributed by atoms with Gasteiger partial charge >= 0.3 is 0 Å². The van der Waals surface area contributed by atoms with Gasteiger partial charge in [-0.2, -0.15) is 0 Å². The molecule has 6 nitrogen and oxygen atoms in total. The second-order valence-electron chi connectivity index (χ2n) is 7.31. The van der Waals surface area contributed by atoms with Gasteiger partial charge < -0.3 is 19.8 Å². The molecule has 0 bridgehead atoms. The van der Waals surface area contributed by atoms with Crippen LogP contribution in [0.15, 0.2) is 73.1 Å². The number of aryl methyl sites for hydroxylation is 1. The van der Waals surface area contributed by atoms with Crippen LogP contribution in [-0.4, -0.2) is 22.1 Å². The minimum atomic E-state index is 0.452. The number of rotatable bonds is 6. The number of hydrogen-bond donors (Lipinski definition) is 2. The van der Waals surface area contributed by atoms with Crippen LogP contribution in [0.2, 0.25) is 0 Å². The van der Waals surface area contributed by atoms with E-state index in [2.05, 4.69) is 32.4 Å². The Morgan fingerprint density at radius 1 is 0.903 bits per heavy atom. The molecule has 3 aromatic carbocycles. The number of aromatic nitrogens is 3. The number of methoxy groups -OCH3 is 1. The van der Waals surface area contributed by atoms with Crippen molar-refractivity contribution in [3.63, 3.8) is 0 Å². The average molecular weight is 410 g/mol. The second-order valence-corrected chi connectivity index (χ2v) is 7.31. The van der Waals surface area contributed by atoms with E-state index in [1.54, 1.807) is 13.4 Å². The van der Waals surface area contributed by atoms with E-state index in [0.717, 1.165) is 38.8 Å². The van der Waals surface area contributed by atoms with Crippen LogP contribution in [0.5, 0.6) is 11.5 Å². The summed E-state index contributed by atoms with van der Waals surface area (Å²) in [5, 5.41) is 5.46. The molecule has 6 heteroatoms. The molecule has 0 spiro atoms. The maximum atomic E-state index is 6.03. The Kier molecular flexibility index (Phi) is 4.88. The van der Waals surface area contributed by atoms with Crippen molar-refractivity contribution in [2.75, 3.05) is 12.4 Å². The lowest BCUT2D eigenvalue weighted by molar-refractivity contribution is 0.285. The van der Waals surface area contributed by atoms with Crippen LogP contribution in [0, 0.1) is 6.92 Å². The number of nitrogens with zero attached hydrogens (tertiary/aromatic N) is 2. The van der Waals surface area contributed by atoms with E-state index in [9.17, 15) is 0 Å². The Bertz CT molecular complexity index is 1360. The number of nitrogens with one attached hydrogen (secondary N) is 2. The average Bonchev–Trinajstić information content (AvgIpc) is 3.13. The summed E-state index contributed by atoms with van der Waals surface area (Å²) < 4.78 is 11.6. The molecule has 0 atom stereocenters. The van der Waals surface area contributed by atoms with Crippen LogP contribution in [0.1, 0.15) is 11.3 Å². The van der Waals surface area contributed by atoms with E-state index in [1.165, 1.54) is 0 Å². The first kappa shape index (κ1) is 18.9. The lowest BCUT2D eigenvalue weighted by atomic mass is 10.2. The van der Waals surface area contributed by atoms with E-state index >= 15 is 0 Å². The lowest BCUT2D eigenvalue weighted by Gasteiger charge is -2.14. The first-order valence-electron chi connectivity index (χ1n) is 10.1.